The highest BCUT2D eigenvalue weighted by Gasteiger charge is 2.41. The number of hydrogen-bond acceptors (Lipinski definition) is 4. The van der Waals surface area contributed by atoms with E-state index < -0.39 is 26.1 Å². The van der Waals surface area contributed by atoms with Gasteiger partial charge < -0.3 is 10.5 Å². The average Bonchev–Trinajstić information content (AvgIpc) is 2.94. The summed E-state index contributed by atoms with van der Waals surface area (Å²) < 4.78 is 41.7. The van der Waals surface area contributed by atoms with Gasteiger partial charge >= 0.3 is 0 Å². The van der Waals surface area contributed by atoms with Crippen LogP contribution in [-0.2, 0) is 15.4 Å². The number of halogens is 1. The quantitative estimate of drug-likeness (QED) is 0.885. The van der Waals surface area contributed by atoms with Crippen LogP contribution in [0.5, 0.6) is 5.75 Å². The molecule has 0 bridgehead atoms. The minimum absolute atomic E-state index is 0.0132. The van der Waals surface area contributed by atoms with Crippen molar-refractivity contribution in [1.29, 1.82) is 0 Å². The second-order valence-corrected chi connectivity index (χ2v) is 6.37. The molecule has 0 amide bonds. The van der Waals surface area contributed by atoms with Crippen LogP contribution in [0.2, 0.25) is 0 Å². The second-order valence-electron chi connectivity index (χ2n) is 4.42. The van der Waals surface area contributed by atoms with Gasteiger partial charge in [-0.2, -0.15) is 0 Å². The molecule has 1 aliphatic rings. The van der Waals surface area contributed by atoms with Gasteiger partial charge in [0.25, 0.3) is 0 Å². The predicted molar refractivity (Wildman–Crippen MR) is 61.2 cm³/mol. The van der Waals surface area contributed by atoms with Crippen LogP contribution in [0, 0.1) is 5.82 Å². The van der Waals surface area contributed by atoms with Crippen molar-refractivity contribution in [1.82, 2.24) is 0 Å². The van der Waals surface area contributed by atoms with E-state index in [1.54, 1.807) is 0 Å². The Labute approximate surface area is 99.5 Å². The molecule has 1 fully saturated rings. The lowest BCUT2D eigenvalue weighted by molar-refractivity contribution is 0.393. The summed E-state index contributed by atoms with van der Waals surface area (Å²) in [5.41, 5.74) is 6.01. The van der Waals surface area contributed by atoms with E-state index in [2.05, 4.69) is 0 Å². The van der Waals surface area contributed by atoms with E-state index in [1.807, 2.05) is 0 Å². The summed E-state index contributed by atoms with van der Waals surface area (Å²) in [6.45, 7) is 0. The molecule has 0 atom stereocenters. The number of sulfone groups is 1. The van der Waals surface area contributed by atoms with E-state index in [0.29, 0.717) is 5.56 Å². The van der Waals surface area contributed by atoms with Crippen molar-refractivity contribution in [3.63, 3.8) is 0 Å². The number of benzene rings is 1. The van der Waals surface area contributed by atoms with Gasteiger partial charge in [-0.05, 0) is 30.5 Å². The van der Waals surface area contributed by atoms with Gasteiger partial charge in [0.15, 0.2) is 9.84 Å². The summed E-state index contributed by atoms with van der Waals surface area (Å²) in [7, 11) is -2.35. The normalized spacial score (nSPS) is 17.9. The first-order chi connectivity index (χ1) is 7.78. The van der Waals surface area contributed by atoms with Gasteiger partial charge in [-0.25, -0.2) is 12.8 Å². The third-order valence-corrected chi connectivity index (χ3v) is 4.10. The van der Waals surface area contributed by atoms with Gasteiger partial charge in [0.2, 0.25) is 0 Å². The van der Waals surface area contributed by atoms with E-state index in [-0.39, 0.29) is 5.75 Å². The first-order valence-corrected chi connectivity index (χ1v) is 7.04. The molecule has 1 aliphatic carbocycles. The van der Waals surface area contributed by atoms with Gasteiger partial charge in [-0.3, -0.25) is 0 Å². The smallest absolute Gasteiger partial charge is 0.182 e. The molecule has 1 saturated carbocycles. The lowest BCUT2D eigenvalue weighted by Crippen LogP contribution is -2.19. The van der Waals surface area contributed by atoms with Crippen LogP contribution < -0.4 is 10.5 Å². The van der Waals surface area contributed by atoms with Gasteiger partial charge in [0.1, 0.15) is 16.5 Å². The highest BCUT2D eigenvalue weighted by atomic mass is 32.2. The lowest BCUT2D eigenvalue weighted by Gasteiger charge is -2.14. The molecule has 0 heterocycles. The fourth-order valence-corrected chi connectivity index (χ4v) is 2.71. The molecule has 0 radical (unpaired) electrons. The first-order valence-electron chi connectivity index (χ1n) is 5.15. The van der Waals surface area contributed by atoms with Crippen molar-refractivity contribution in [2.45, 2.75) is 23.3 Å². The van der Waals surface area contributed by atoms with E-state index in [0.717, 1.165) is 19.1 Å². The molecular weight excluding hydrogens is 245 g/mol. The van der Waals surface area contributed by atoms with E-state index in [1.165, 1.54) is 19.2 Å². The van der Waals surface area contributed by atoms with Gasteiger partial charge in [-0.15, -0.1) is 0 Å². The largest absolute Gasteiger partial charge is 0.495 e. The Balaban J connectivity index is 2.64. The van der Waals surface area contributed by atoms with Gasteiger partial charge in [0, 0.05) is 11.8 Å². The standard InChI is InChI=1S/C11H14FNO3S/c1-16-9-6-7(11(13)3-4-11)5-8(12)10(9)17(2,14)15/h5-6H,3-4,13H2,1-2H3. The maximum atomic E-state index is 13.8. The molecule has 6 heteroatoms. The third-order valence-electron chi connectivity index (χ3n) is 2.96. The molecular formula is C11H14FNO3S. The van der Waals surface area contributed by atoms with E-state index in [9.17, 15) is 12.8 Å². The Bertz CT molecular complexity index is 564. The topological polar surface area (TPSA) is 69.4 Å². The minimum Gasteiger partial charge on any atom is -0.495 e. The van der Waals surface area contributed by atoms with Crippen molar-refractivity contribution >= 4 is 9.84 Å². The summed E-state index contributed by atoms with van der Waals surface area (Å²) in [5, 5.41) is 0. The monoisotopic (exact) mass is 259 g/mol. The zero-order chi connectivity index (χ0) is 12.8. The number of hydrogen-bond donors (Lipinski definition) is 1. The molecule has 0 unspecified atom stereocenters. The molecule has 0 saturated heterocycles. The van der Waals surface area contributed by atoms with Crippen LogP contribution in [0.15, 0.2) is 17.0 Å². The van der Waals surface area contributed by atoms with Gasteiger partial charge in [0.05, 0.1) is 7.11 Å². The van der Waals surface area contributed by atoms with Crippen LogP contribution in [-0.4, -0.2) is 21.8 Å². The molecule has 0 aliphatic heterocycles. The molecule has 2 N–H and O–H groups in total. The maximum Gasteiger partial charge on any atom is 0.182 e. The van der Waals surface area contributed by atoms with Gasteiger partial charge in [-0.1, -0.05) is 0 Å². The van der Waals surface area contributed by atoms with E-state index >= 15 is 0 Å². The summed E-state index contributed by atoms with van der Waals surface area (Å²) in [5.74, 6) is -0.794. The Morgan fingerprint density at radius 3 is 2.41 bits per heavy atom. The van der Waals surface area contributed by atoms with Crippen molar-refractivity contribution in [3.05, 3.63) is 23.5 Å². The Morgan fingerprint density at radius 2 is 2.00 bits per heavy atom. The van der Waals surface area contributed by atoms with Crippen molar-refractivity contribution < 1.29 is 17.5 Å². The van der Waals surface area contributed by atoms with E-state index in [4.69, 9.17) is 10.5 Å². The Morgan fingerprint density at radius 1 is 1.41 bits per heavy atom. The Kier molecular flexibility index (Phi) is 2.67. The number of nitrogens with two attached hydrogens (primary N) is 1. The molecule has 4 nitrogen and oxygen atoms in total. The van der Waals surface area contributed by atoms with Crippen molar-refractivity contribution in [3.8, 4) is 5.75 Å². The molecule has 0 aromatic heterocycles. The highest BCUT2D eigenvalue weighted by molar-refractivity contribution is 7.90. The fraction of sp³-hybridized carbons (Fsp3) is 0.455. The second kappa shape index (κ2) is 3.68. The zero-order valence-electron chi connectivity index (χ0n) is 9.66. The van der Waals surface area contributed by atoms with Crippen LogP contribution in [0.3, 0.4) is 0 Å². The highest BCUT2D eigenvalue weighted by Crippen LogP contribution is 2.45. The third kappa shape index (κ3) is 2.14. The number of rotatable bonds is 3. The fourth-order valence-electron chi connectivity index (χ4n) is 1.79. The number of methoxy groups -OCH3 is 1. The van der Waals surface area contributed by atoms with Crippen LogP contribution in [0.4, 0.5) is 4.39 Å². The molecule has 1 aromatic rings. The molecule has 17 heavy (non-hydrogen) atoms. The summed E-state index contributed by atoms with van der Waals surface area (Å²) in [6, 6.07) is 2.69. The summed E-state index contributed by atoms with van der Waals surface area (Å²) in [4.78, 5) is -0.409. The molecule has 2 rings (SSSR count). The maximum absolute atomic E-state index is 13.8. The predicted octanol–water partition coefficient (Wildman–Crippen LogP) is 1.19. The lowest BCUT2D eigenvalue weighted by atomic mass is 10.1. The first kappa shape index (κ1) is 12.3. The molecule has 1 aromatic carbocycles. The SMILES string of the molecule is COc1cc(C2(N)CC2)cc(F)c1S(C)(=O)=O. The van der Waals surface area contributed by atoms with Crippen LogP contribution >= 0.6 is 0 Å². The average molecular weight is 259 g/mol. The summed E-state index contributed by atoms with van der Waals surface area (Å²) >= 11 is 0. The van der Waals surface area contributed by atoms with Crippen LogP contribution in [0.25, 0.3) is 0 Å². The molecule has 0 spiro atoms. The number of ether oxygens (including phenoxy) is 1. The zero-order valence-corrected chi connectivity index (χ0v) is 10.5. The van der Waals surface area contributed by atoms with Crippen molar-refractivity contribution in [2.24, 2.45) is 5.73 Å². The minimum atomic E-state index is -3.66. The van der Waals surface area contributed by atoms with Crippen molar-refractivity contribution in [2.75, 3.05) is 13.4 Å². The Hall–Kier alpha value is -1.14. The summed E-state index contributed by atoms with van der Waals surface area (Å²) in [6.07, 6.45) is 2.49. The van der Waals surface area contributed by atoms with Crippen LogP contribution in [0.1, 0.15) is 18.4 Å². The molecule has 94 valence electrons.